The van der Waals surface area contributed by atoms with E-state index in [1.165, 1.54) is 24.3 Å². The molecule has 0 aromatic heterocycles. The predicted octanol–water partition coefficient (Wildman–Crippen LogP) is 5.69. The normalized spacial score (nSPS) is 15.5. The van der Waals surface area contributed by atoms with Crippen LogP contribution in [0.25, 0.3) is 6.08 Å². The zero-order valence-corrected chi connectivity index (χ0v) is 17.6. The fourth-order valence-electron chi connectivity index (χ4n) is 2.68. The fraction of sp³-hybridized carbons (Fsp3) is 0.200. The number of benzene rings is 2. The number of hydrogen-bond donors (Lipinski definition) is 0. The van der Waals surface area contributed by atoms with Crippen molar-refractivity contribution in [1.82, 2.24) is 4.90 Å². The number of ether oxygens (including phenoxy) is 2. The maximum Gasteiger partial charge on any atom is 0.387 e. The quantitative estimate of drug-likeness (QED) is 0.473. The van der Waals surface area contributed by atoms with Gasteiger partial charge in [0.05, 0.1) is 18.1 Å². The Morgan fingerprint density at radius 1 is 1.17 bits per heavy atom. The largest absolute Gasteiger partial charge is 0.490 e. The molecule has 1 aliphatic rings. The highest BCUT2D eigenvalue weighted by Gasteiger charge is 2.35. The SMILES string of the molecule is CCOc1cc(/C=C2\SC(=O)N(Cc3cccc(Br)c3)C2=O)ccc1OC(F)F. The molecule has 1 aliphatic heterocycles. The van der Waals surface area contributed by atoms with E-state index in [9.17, 15) is 18.4 Å². The third-order valence-electron chi connectivity index (χ3n) is 3.88. The van der Waals surface area contributed by atoms with E-state index >= 15 is 0 Å². The van der Waals surface area contributed by atoms with Gasteiger partial charge in [-0.05, 0) is 60.2 Å². The van der Waals surface area contributed by atoms with Crippen LogP contribution in [-0.4, -0.2) is 29.3 Å². The molecule has 152 valence electrons. The molecule has 2 aromatic carbocycles. The first-order valence-electron chi connectivity index (χ1n) is 8.59. The van der Waals surface area contributed by atoms with Gasteiger partial charge in [0, 0.05) is 4.47 Å². The molecule has 1 heterocycles. The van der Waals surface area contributed by atoms with Crippen molar-refractivity contribution < 1.29 is 27.8 Å². The second-order valence-corrected chi connectivity index (χ2v) is 7.82. The Labute approximate surface area is 178 Å². The predicted molar refractivity (Wildman–Crippen MR) is 110 cm³/mol. The van der Waals surface area contributed by atoms with Crippen molar-refractivity contribution in [3.63, 3.8) is 0 Å². The van der Waals surface area contributed by atoms with Gasteiger partial charge in [-0.1, -0.05) is 34.1 Å². The Hall–Kier alpha value is -2.39. The number of amides is 2. The Morgan fingerprint density at radius 2 is 1.97 bits per heavy atom. The second kappa shape index (κ2) is 9.41. The highest BCUT2D eigenvalue weighted by Crippen LogP contribution is 2.36. The maximum absolute atomic E-state index is 12.7. The number of nitrogens with zero attached hydrogens (tertiary/aromatic N) is 1. The van der Waals surface area contributed by atoms with Crippen LogP contribution in [0.3, 0.4) is 0 Å². The first-order valence-corrected chi connectivity index (χ1v) is 10.2. The number of carbonyl (C=O) groups excluding carboxylic acids is 2. The third kappa shape index (κ3) is 5.36. The van der Waals surface area contributed by atoms with E-state index < -0.39 is 12.5 Å². The molecular weight excluding hydrogens is 468 g/mol. The number of alkyl halides is 2. The Bertz CT molecular complexity index is 967. The smallest absolute Gasteiger partial charge is 0.387 e. The van der Waals surface area contributed by atoms with Crippen molar-refractivity contribution >= 4 is 44.9 Å². The Morgan fingerprint density at radius 3 is 2.66 bits per heavy atom. The van der Waals surface area contributed by atoms with Crippen LogP contribution in [-0.2, 0) is 11.3 Å². The summed E-state index contributed by atoms with van der Waals surface area (Å²) in [5, 5.41) is -0.371. The van der Waals surface area contributed by atoms with Gasteiger partial charge in [-0.15, -0.1) is 0 Å². The first-order chi connectivity index (χ1) is 13.9. The summed E-state index contributed by atoms with van der Waals surface area (Å²) in [5.41, 5.74) is 1.35. The highest BCUT2D eigenvalue weighted by molar-refractivity contribution is 9.10. The number of carbonyl (C=O) groups is 2. The number of thioether (sulfide) groups is 1. The topological polar surface area (TPSA) is 55.8 Å². The molecule has 9 heteroatoms. The molecule has 1 fully saturated rings. The van der Waals surface area contributed by atoms with Crippen LogP contribution in [0.4, 0.5) is 13.6 Å². The summed E-state index contributed by atoms with van der Waals surface area (Å²) in [6, 6.07) is 11.7. The lowest BCUT2D eigenvalue weighted by Crippen LogP contribution is -2.27. The number of rotatable bonds is 7. The minimum absolute atomic E-state index is 0.0956. The van der Waals surface area contributed by atoms with Crippen molar-refractivity contribution in [3.8, 4) is 11.5 Å². The molecule has 0 bridgehead atoms. The average molecular weight is 484 g/mol. The summed E-state index contributed by atoms with van der Waals surface area (Å²) in [7, 11) is 0. The van der Waals surface area contributed by atoms with E-state index in [-0.39, 0.29) is 34.8 Å². The van der Waals surface area contributed by atoms with Gasteiger partial charge in [0.25, 0.3) is 11.1 Å². The van der Waals surface area contributed by atoms with Crippen molar-refractivity contribution in [3.05, 3.63) is 63.0 Å². The zero-order chi connectivity index (χ0) is 21.0. The summed E-state index contributed by atoms with van der Waals surface area (Å²) in [6.07, 6.45) is 1.53. The van der Waals surface area contributed by atoms with E-state index in [0.717, 1.165) is 26.7 Å². The van der Waals surface area contributed by atoms with Gasteiger partial charge in [-0.2, -0.15) is 8.78 Å². The van der Waals surface area contributed by atoms with Crippen LogP contribution >= 0.6 is 27.7 Å². The van der Waals surface area contributed by atoms with E-state index in [0.29, 0.717) is 5.56 Å². The zero-order valence-electron chi connectivity index (χ0n) is 15.2. The summed E-state index contributed by atoms with van der Waals surface area (Å²) in [4.78, 5) is 26.4. The molecule has 2 amide bonds. The molecule has 0 N–H and O–H groups in total. The maximum atomic E-state index is 12.7. The fourth-order valence-corrected chi connectivity index (χ4v) is 3.97. The van der Waals surface area contributed by atoms with Crippen molar-refractivity contribution in [1.29, 1.82) is 0 Å². The molecule has 1 saturated heterocycles. The van der Waals surface area contributed by atoms with Crippen molar-refractivity contribution in [2.45, 2.75) is 20.1 Å². The van der Waals surface area contributed by atoms with Crippen LogP contribution < -0.4 is 9.47 Å². The van der Waals surface area contributed by atoms with Crippen LogP contribution in [0.1, 0.15) is 18.1 Å². The van der Waals surface area contributed by atoms with E-state index in [1.54, 1.807) is 6.92 Å². The lowest BCUT2D eigenvalue weighted by Gasteiger charge is -2.13. The van der Waals surface area contributed by atoms with Gasteiger partial charge < -0.3 is 9.47 Å². The molecular formula is C20H16BrF2NO4S. The molecule has 0 radical (unpaired) electrons. The van der Waals surface area contributed by atoms with E-state index in [2.05, 4.69) is 20.7 Å². The summed E-state index contributed by atoms with van der Waals surface area (Å²) in [5.74, 6) is -0.373. The van der Waals surface area contributed by atoms with E-state index in [1.807, 2.05) is 24.3 Å². The van der Waals surface area contributed by atoms with Gasteiger partial charge in [-0.3, -0.25) is 14.5 Å². The standard InChI is InChI=1S/C20H16BrF2NO4S/c1-2-27-16-9-12(6-7-15(16)28-19(22)23)10-17-18(25)24(20(26)29-17)11-13-4-3-5-14(21)8-13/h3-10,19H,2,11H2,1H3/b17-10-. The Kier molecular flexibility index (Phi) is 6.92. The molecule has 0 aliphatic carbocycles. The van der Waals surface area contributed by atoms with Gasteiger partial charge in [0.15, 0.2) is 11.5 Å². The summed E-state index contributed by atoms with van der Waals surface area (Å²) in [6.45, 7) is -0.847. The molecule has 0 unspecified atom stereocenters. The molecule has 0 saturated carbocycles. The molecule has 2 aromatic rings. The van der Waals surface area contributed by atoms with E-state index in [4.69, 9.17) is 4.74 Å². The summed E-state index contributed by atoms with van der Waals surface area (Å²) < 4.78 is 35.7. The second-order valence-electron chi connectivity index (χ2n) is 5.92. The van der Waals surface area contributed by atoms with Crippen molar-refractivity contribution in [2.75, 3.05) is 6.61 Å². The average Bonchev–Trinajstić information content (AvgIpc) is 2.91. The first kappa shape index (κ1) is 21.3. The van der Waals surface area contributed by atoms with Gasteiger partial charge >= 0.3 is 6.61 Å². The molecule has 0 atom stereocenters. The molecule has 29 heavy (non-hydrogen) atoms. The monoisotopic (exact) mass is 483 g/mol. The highest BCUT2D eigenvalue weighted by atomic mass is 79.9. The van der Waals surface area contributed by atoms with Crippen LogP contribution in [0, 0.1) is 0 Å². The molecule has 5 nitrogen and oxygen atoms in total. The van der Waals surface area contributed by atoms with Gasteiger partial charge in [0.1, 0.15) is 0 Å². The number of hydrogen-bond acceptors (Lipinski definition) is 5. The summed E-state index contributed by atoms with van der Waals surface area (Å²) >= 11 is 4.19. The molecule has 0 spiro atoms. The lowest BCUT2D eigenvalue weighted by molar-refractivity contribution is -0.123. The van der Waals surface area contributed by atoms with Gasteiger partial charge in [0.2, 0.25) is 0 Å². The van der Waals surface area contributed by atoms with Gasteiger partial charge in [-0.25, -0.2) is 0 Å². The van der Waals surface area contributed by atoms with Crippen LogP contribution in [0.5, 0.6) is 11.5 Å². The minimum atomic E-state index is -2.98. The molecule has 3 rings (SSSR count). The Balaban J connectivity index is 1.82. The van der Waals surface area contributed by atoms with Crippen molar-refractivity contribution in [2.24, 2.45) is 0 Å². The lowest BCUT2D eigenvalue weighted by atomic mass is 10.1. The number of halogens is 3. The third-order valence-corrected chi connectivity index (χ3v) is 5.29. The van der Waals surface area contributed by atoms with Crippen LogP contribution in [0.2, 0.25) is 0 Å². The minimum Gasteiger partial charge on any atom is -0.490 e. The van der Waals surface area contributed by atoms with Crippen LogP contribution in [0.15, 0.2) is 51.8 Å². The number of imide groups is 1.